The summed E-state index contributed by atoms with van der Waals surface area (Å²) in [5.41, 5.74) is 0. The van der Waals surface area contributed by atoms with Crippen LogP contribution in [0.15, 0.2) is 59.4 Å². The third kappa shape index (κ3) is 4.30. The molecule has 1 atom stereocenters. The number of benzene rings is 1. The van der Waals surface area contributed by atoms with Crippen molar-refractivity contribution in [2.75, 3.05) is 0 Å². The second-order valence-corrected chi connectivity index (χ2v) is 3.83. The van der Waals surface area contributed by atoms with Crippen LogP contribution in [0.2, 0.25) is 0 Å². The maximum atomic E-state index is 9.36. The van der Waals surface area contributed by atoms with Crippen molar-refractivity contribution in [3.8, 4) is 0 Å². The van der Waals surface area contributed by atoms with Gasteiger partial charge >= 0.3 is 0 Å². The van der Waals surface area contributed by atoms with Crippen LogP contribution in [0.5, 0.6) is 0 Å². The normalized spacial score (nSPS) is 12.9. The van der Waals surface area contributed by atoms with Crippen LogP contribution in [0.3, 0.4) is 0 Å². The van der Waals surface area contributed by atoms with E-state index in [0.29, 0.717) is 6.42 Å². The van der Waals surface area contributed by atoms with E-state index >= 15 is 0 Å². The van der Waals surface area contributed by atoms with E-state index < -0.39 is 6.10 Å². The predicted octanol–water partition coefficient (Wildman–Crippen LogP) is 3.23. The molecule has 0 heterocycles. The van der Waals surface area contributed by atoms with E-state index in [9.17, 15) is 5.11 Å². The van der Waals surface area contributed by atoms with Gasteiger partial charge in [-0.1, -0.05) is 36.0 Å². The molecule has 1 rings (SSSR count). The quantitative estimate of drug-likeness (QED) is 0.589. The zero-order chi connectivity index (χ0) is 10.2. The smallest absolute Gasteiger partial charge is 0.0763 e. The lowest BCUT2D eigenvalue weighted by Gasteiger charge is -1.99. The number of hydrogen-bond acceptors (Lipinski definition) is 2. The molecular weight excluding hydrogens is 192 g/mol. The van der Waals surface area contributed by atoms with Gasteiger partial charge in [0.2, 0.25) is 0 Å². The molecule has 14 heavy (non-hydrogen) atoms. The van der Waals surface area contributed by atoms with Gasteiger partial charge in [0.1, 0.15) is 0 Å². The summed E-state index contributed by atoms with van der Waals surface area (Å²) in [7, 11) is 0. The molecule has 0 aliphatic carbocycles. The predicted molar refractivity (Wildman–Crippen MR) is 62.3 cm³/mol. The van der Waals surface area contributed by atoms with E-state index in [0.717, 1.165) is 0 Å². The fourth-order valence-corrected chi connectivity index (χ4v) is 1.69. The van der Waals surface area contributed by atoms with Crippen LogP contribution in [0.25, 0.3) is 0 Å². The van der Waals surface area contributed by atoms with E-state index in [4.69, 9.17) is 0 Å². The van der Waals surface area contributed by atoms with Crippen LogP contribution in [0.4, 0.5) is 0 Å². The summed E-state index contributed by atoms with van der Waals surface area (Å²) in [6, 6.07) is 10.1. The van der Waals surface area contributed by atoms with E-state index in [1.54, 1.807) is 23.9 Å². The summed E-state index contributed by atoms with van der Waals surface area (Å²) >= 11 is 1.60. The van der Waals surface area contributed by atoms with Gasteiger partial charge < -0.3 is 5.11 Å². The highest BCUT2D eigenvalue weighted by Gasteiger charge is 1.93. The Kier molecular flexibility index (Phi) is 5.12. The Morgan fingerprint density at radius 1 is 1.36 bits per heavy atom. The average Bonchev–Trinajstić information content (AvgIpc) is 2.20. The highest BCUT2D eigenvalue weighted by molar-refractivity contribution is 8.02. The molecule has 0 saturated heterocycles. The standard InChI is InChI=1S/C12H14OS/c1-2-6-11(13)9-10-14-12-7-4-3-5-8-12/h2-5,7-11,13H,1,6H2/b10-9+. The summed E-state index contributed by atoms with van der Waals surface area (Å²) in [5.74, 6) is 0. The second-order valence-electron chi connectivity index (χ2n) is 2.85. The molecular formula is C12H14OS. The van der Waals surface area contributed by atoms with Crippen LogP contribution < -0.4 is 0 Å². The Balaban J connectivity index is 2.37. The molecule has 0 fully saturated rings. The molecule has 1 nitrogen and oxygen atoms in total. The molecule has 0 bridgehead atoms. The summed E-state index contributed by atoms with van der Waals surface area (Å²) in [4.78, 5) is 1.18. The van der Waals surface area contributed by atoms with Crippen molar-refractivity contribution in [1.29, 1.82) is 0 Å². The van der Waals surface area contributed by atoms with Crippen molar-refractivity contribution in [3.63, 3.8) is 0 Å². The molecule has 0 aromatic heterocycles. The molecule has 1 aromatic rings. The molecule has 2 heteroatoms. The first kappa shape index (κ1) is 11.1. The molecule has 0 aliphatic rings. The summed E-state index contributed by atoms with van der Waals surface area (Å²) in [6.07, 6.45) is 3.68. The second kappa shape index (κ2) is 6.46. The summed E-state index contributed by atoms with van der Waals surface area (Å²) in [5, 5.41) is 11.3. The van der Waals surface area contributed by atoms with Gasteiger partial charge in [-0.05, 0) is 30.0 Å². The monoisotopic (exact) mass is 206 g/mol. The Morgan fingerprint density at radius 3 is 2.71 bits per heavy atom. The van der Waals surface area contributed by atoms with Gasteiger partial charge in [0.15, 0.2) is 0 Å². The van der Waals surface area contributed by atoms with Crippen molar-refractivity contribution in [2.45, 2.75) is 17.4 Å². The van der Waals surface area contributed by atoms with Crippen LogP contribution in [0, 0.1) is 0 Å². The molecule has 74 valence electrons. The minimum absolute atomic E-state index is 0.413. The average molecular weight is 206 g/mol. The minimum atomic E-state index is -0.413. The van der Waals surface area contributed by atoms with Crippen LogP contribution >= 0.6 is 11.8 Å². The van der Waals surface area contributed by atoms with Crippen molar-refractivity contribution in [2.24, 2.45) is 0 Å². The van der Waals surface area contributed by atoms with E-state index in [-0.39, 0.29) is 0 Å². The fourth-order valence-electron chi connectivity index (χ4n) is 0.957. The molecule has 0 aliphatic heterocycles. The lowest BCUT2D eigenvalue weighted by Crippen LogP contribution is -1.97. The molecule has 1 unspecified atom stereocenters. The lowest BCUT2D eigenvalue weighted by molar-refractivity contribution is 0.227. The highest BCUT2D eigenvalue weighted by Crippen LogP contribution is 2.18. The van der Waals surface area contributed by atoms with Crippen LogP contribution in [0.1, 0.15) is 6.42 Å². The summed E-state index contributed by atoms with van der Waals surface area (Å²) in [6.45, 7) is 3.57. The first-order valence-electron chi connectivity index (χ1n) is 4.50. The van der Waals surface area contributed by atoms with Crippen molar-refractivity contribution < 1.29 is 5.11 Å². The number of aliphatic hydroxyl groups is 1. The first-order chi connectivity index (χ1) is 6.83. The van der Waals surface area contributed by atoms with Crippen LogP contribution in [-0.2, 0) is 0 Å². The zero-order valence-corrected chi connectivity index (χ0v) is 8.78. The molecule has 1 aromatic carbocycles. The van der Waals surface area contributed by atoms with Gasteiger partial charge in [-0.2, -0.15) is 0 Å². The van der Waals surface area contributed by atoms with E-state index in [2.05, 4.69) is 6.58 Å². The maximum absolute atomic E-state index is 9.36. The minimum Gasteiger partial charge on any atom is -0.389 e. The molecule has 0 saturated carbocycles. The van der Waals surface area contributed by atoms with Gasteiger partial charge in [0.05, 0.1) is 6.10 Å². The SMILES string of the molecule is C=CCC(O)/C=C/Sc1ccccc1. The Labute approximate surface area is 89.2 Å². The zero-order valence-electron chi connectivity index (χ0n) is 7.97. The largest absolute Gasteiger partial charge is 0.389 e. The summed E-state index contributed by atoms with van der Waals surface area (Å²) < 4.78 is 0. The van der Waals surface area contributed by atoms with E-state index in [1.165, 1.54) is 4.90 Å². The van der Waals surface area contributed by atoms with Crippen molar-refractivity contribution in [1.82, 2.24) is 0 Å². The van der Waals surface area contributed by atoms with E-state index in [1.807, 2.05) is 35.7 Å². The van der Waals surface area contributed by atoms with Crippen molar-refractivity contribution in [3.05, 3.63) is 54.5 Å². The van der Waals surface area contributed by atoms with Gasteiger partial charge in [0, 0.05) is 4.90 Å². The Morgan fingerprint density at radius 2 is 2.07 bits per heavy atom. The van der Waals surface area contributed by atoms with Crippen LogP contribution in [-0.4, -0.2) is 11.2 Å². The third-order valence-corrected chi connectivity index (χ3v) is 2.49. The number of thioether (sulfide) groups is 1. The highest BCUT2D eigenvalue weighted by atomic mass is 32.2. The first-order valence-corrected chi connectivity index (χ1v) is 5.38. The number of aliphatic hydroxyl groups excluding tert-OH is 1. The van der Waals surface area contributed by atoms with Gasteiger partial charge in [-0.3, -0.25) is 0 Å². The lowest BCUT2D eigenvalue weighted by atomic mass is 10.2. The Bertz CT molecular complexity index is 292. The number of rotatable bonds is 5. The molecule has 0 radical (unpaired) electrons. The van der Waals surface area contributed by atoms with Gasteiger partial charge in [-0.15, -0.1) is 6.58 Å². The topological polar surface area (TPSA) is 20.2 Å². The third-order valence-electron chi connectivity index (χ3n) is 1.66. The Hall–Kier alpha value is -0.990. The molecule has 0 spiro atoms. The van der Waals surface area contributed by atoms with Crippen molar-refractivity contribution >= 4 is 11.8 Å². The maximum Gasteiger partial charge on any atom is 0.0763 e. The van der Waals surface area contributed by atoms with Gasteiger partial charge in [-0.25, -0.2) is 0 Å². The molecule has 1 N–H and O–H groups in total. The van der Waals surface area contributed by atoms with Gasteiger partial charge in [0.25, 0.3) is 0 Å². The fraction of sp³-hybridized carbons (Fsp3) is 0.167. The number of hydrogen-bond donors (Lipinski definition) is 1. The molecule has 0 amide bonds.